The van der Waals surface area contributed by atoms with Crippen molar-refractivity contribution in [3.8, 4) is 11.1 Å². The van der Waals surface area contributed by atoms with Gasteiger partial charge in [-0.25, -0.2) is 0 Å². The summed E-state index contributed by atoms with van der Waals surface area (Å²) in [5.74, 6) is -0.0407. The first-order valence-corrected chi connectivity index (χ1v) is 6.03. The third kappa shape index (κ3) is 2.14. The molecule has 94 valence electrons. The van der Waals surface area contributed by atoms with E-state index in [9.17, 15) is 14.8 Å². The summed E-state index contributed by atoms with van der Waals surface area (Å²) in [7, 11) is -1.47. The van der Waals surface area contributed by atoms with Crippen molar-refractivity contribution in [3.05, 3.63) is 53.6 Å². The Bertz CT molecular complexity index is 655. The molecule has 3 N–H and O–H groups in total. The first kappa shape index (κ1) is 12.0. The number of nitrogens with one attached hydrogen (secondary N) is 1. The zero-order valence-corrected chi connectivity index (χ0v) is 10.1. The first-order valence-electron chi connectivity index (χ1n) is 6.03. The van der Waals surface area contributed by atoms with E-state index in [0.717, 1.165) is 16.7 Å². The van der Waals surface area contributed by atoms with Crippen LogP contribution in [0.1, 0.15) is 15.9 Å². The molecular formula is C14H12BNO3. The Hall–Kier alpha value is -2.11. The largest absolute Gasteiger partial charge is 0.488 e. The molecule has 0 aromatic heterocycles. The average Bonchev–Trinajstić information content (AvgIpc) is 2.80. The Kier molecular flexibility index (Phi) is 2.85. The van der Waals surface area contributed by atoms with E-state index in [1.807, 2.05) is 18.2 Å². The van der Waals surface area contributed by atoms with E-state index < -0.39 is 7.12 Å². The van der Waals surface area contributed by atoms with Gasteiger partial charge in [0.15, 0.2) is 0 Å². The molecule has 0 fully saturated rings. The van der Waals surface area contributed by atoms with E-state index >= 15 is 0 Å². The average molecular weight is 253 g/mol. The lowest BCUT2D eigenvalue weighted by Crippen LogP contribution is -2.29. The number of carbonyl (C=O) groups excluding carboxylic acids is 1. The van der Waals surface area contributed by atoms with Gasteiger partial charge in [0.2, 0.25) is 0 Å². The quantitative estimate of drug-likeness (QED) is 0.673. The number of hydrogen-bond donors (Lipinski definition) is 3. The molecule has 5 heteroatoms. The number of rotatable bonds is 2. The summed E-state index contributed by atoms with van der Waals surface area (Å²) in [5, 5.41) is 21.1. The monoisotopic (exact) mass is 253 g/mol. The molecule has 1 aliphatic heterocycles. The molecule has 0 bridgehead atoms. The van der Waals surface area contributed by atoms with Gasteiger partial charge in [-0.2, -0.15) is 0 Å². The van der Waals surface area contributed by atoms with E-state index in [4.69, 9.17) is 0 Å². The summed E-state index contributed by atoms with van der Waals surface area (Å²) < 4.78 is 0. The molecule has 2 aromatic carbocycles. The summed E-state index contributed by atoms with van der Waals surface area (Å²) in [4.78, 5) is 11.5. The molecule has 0 radical (unpaired) electrons. The van der Waals surface area contributed by atoms with Crippen molar-refractivity contribution in [2.75, 3.05) is 0 Å². The molecule has 0 saturated carbocycles. The summed E-state index contributed by atoms with van der Waals surface area (Å²) in [6.07, 6.45) is 0. The third-order valence-electron chi connectivity index (χ3n) is 3.31. The predicted octanol–water partition coefficient (Wildman–Crippen LogP) is 0.277. The Labute approximate surface area is 110 Å². The maximum Gasteiger partial charge on any atom is 0.488 e. The number of carbonyl (C=O) groups is 1. The Balaban J connectivity index is 2.03. The maximum atomic E-state index is 11.5. The minimum Gasteiger partial charge on any atom is -0.423 e. The smallest absolute Gasteiger partial charge is 0.423 e. The van der Waals surface area contributed by atoms with Crippen LogP contribution in [-0.2, 0) is 6.54 Å². The van der Waals surface area contributed by atoms with Crippen LogP contribution in [0.4, 0.5) is 0 Å². The normalized spacial score (nSPS) is 13.1. The number of amides is 1. The van der Waals surface area contributed by atoms with Crippen LogP contribution in [0.3, 0.4) is 0 Å². The van der Waals surface area contributed by atoms with Gasteiger partial charge in [0.25, 0.3) is 5.91 Å². The molecule has 19 heavy (non-hydrogen) atoms. The SMILES string of the molecule is O=C1NCc2cc(-c3cccc(B(O)O)c3)ccc21. The summed E-state index contributed by atoms with van der Waals surface area (Å²) >= 11 is 0. The van der Waals surface area contributed by atoms with Crippen molar-refractivity contribution in [1.29, 1.82) is 0 Å². The number of hydrogen-bond acceptors (Lipinski definition) is 3. The lowest BCUT2D eigenvalue weighted by molar-refractivity contribution is 0.0966. The Morgan fingerprint density at radius 1 is 1.05 bits per heavy atom. The lowest BCUT2D eigenvalue weighted by atomic mass is 9.79. The van der Waals surface area contributed by atoms with Crippen LogP contribution in [0.2, 0.25) is 0 Å². The van der Waals surface area contributed by atoms with Gasteiger partial charge in [0, 0.05) is 12.1 Å². The van der Waals surface area contributed by atoms with Crippen LogP contribution in [0.5, 0.6) is 0 Å². The summed E-state index contributed by atoms with van der Waals surface area (Å²) in [5.41, 5.74) is 3.98. The summed E-state index contributed by atoms with van der Waals surface area (Å²) in [6, 6.07) is 12.7. The van der Waals surface area contributed by atoms with Crippen LogP contribution in [0, 0.1) is 0 Å². The molecule has 1 heterocycles. The minimum atomic E-state index is -1.47. The van der Waals surface area contributed by atoms with Gasteiger partial charge < -0.3 is 15.4 Å². The van der Waals surface area contributed by atoms with Crippen molar-refractivity contribution < 1.29 is 14.8 Å². The standard InChI is InChI=1S/C14H12BNO3/c17-14-13-5-4-10(6-11(13)8-16-14)9-2-1-3-12(7-9)15(18)19/h1-7,18-19H,8H2,(H,16,17). The van der Waals surface area contributed by atoms with Gasteiger partial charge in [0.05, 0.1) is 0 Å². The number of benzene rings is 2. The molecule has 1 aliphatic rings. The molecule has 0 spiro atoms. The van der Waals surface area contributed by atoms with Gasteiger partial charge >= 0.3 is 7.12 Å². The van der Waals surface area contributed by atoms with E-state index in [2.05, 4.69) is 5.32 Å². The number of fused-ring (bicyclic) bond motifs is 1. The van der Waals surface area contributed by atoms with Crippen molar-refractivity contribution in [2.24, 2.45) is 0 Å². The molecule has 0 atom stereocenters. The first-order chi connectivity index (χ1) is 9.15. The van der Waals surface area contributed by atoms with Crippen LogP contribution < -0.4 is 10.8 Å². The molecule has 2 aromatic rings. The van der Waals surface area contributed by atoms with Crippen molar-refractivity contribution >= 4 is 18.5 Å². The van der Waals surface area contributed by atoms with Crippen molar-refractivity contribution in [1.82, 2.24) is 5.32 Å². The zero-order valence-electron chi connectivity index (χ0n) is 10.1. The summed E-state index contributed by atoms with van der Waals surface area (Å²) in [6.45, 7) is 0.546. The van der Waals surface area contributed by atoms with Crippen LogP contribution in [-0.4, -0.2) is 23.1 Å². The fraction of sp³-hybridized carbons (Fsp3) is 0.0714. The molecular weight excluding hydrogens is 241 g/mol. The second kappa shape index (κ2) is 4.53. The third-order valence-corrected chi connectivity index (χ3v) is 3.31. The van der Waals surface area contributed by atoms with Crippen LogP contribution in [0.15, 0.2) is 42.5 Å². The molecule has 4 nitrogen and oxygen atoms in total. The molecule has 3 rings (SSSR count). The highest BCUT2D eigenvalue weighted by Crippen LogP contribution is 2.24. The fourth-order valence-electron chi connectivity index (χ4n) is 2.29. The van der Waals surface area contributed by atoms with Gasteiger partial charge in [-0.15, -0.1) is 0 Å². The molecule has 1 amide bonds. The fourth-order valence-corrected chi connectivity index (χ4v) is 2.29. The predicted molar refractivity (Wildman–Crippen MR) is 72.9 cm³/mol. The second-order valence-electron chi connectivity index (χ2n) is 4.55. The molecule has 0 aliphatic carbocycles. The van der Waals surface area contributed by atoms with Crippen molar-refractivity contribution in [3.63, 3.8) is 0 Å². The van der Waals surface area contributed by atoms with E-state index in [-0.39, 0.29) is 5.91 Å². The minimum absolute atomic E-state index is 0.0407. The van der Waals surface area contributed by atoms with Gasteiger partial charge in [0.1, 0.15) is 0 Å². The zero-order chi connectivity index (χ0) is 13.4. The highest BCUT2D eigenvalue weighted by Gasteiger charge is 2.19. The van der Waals surface area contributed by atoms with E-state index in [1.54, 1.807) is 24.3 Å². The van der Waals surface area contributed by atoms with Crippen LogP contribution >= 0.6 is 0 Å². The van der Waals surface area contributed by atoms with E-state index in [1.165, 1.54) is 0 Å². The Morgan fingerprint density at radius 3 is 2.63 bits per heavy atom. The highest BCUT2D eigenvalue weighted by molar-refractivity contribution is 6.58. The lowest BCUT2D eigenvalue weighted by Gasteiger charge is -2.06. The van der Waals surface area contributed by atoms with Gasteiger partial charge in [-0.3, -0.25) is 4.79 Å². The second-order valence-corrected chi connectivity index (χ2v) is 4.55. The highest BCUT2D eigenvalue weighted by atomic mass is 16.4. The maximum absolute atomic E-state index is 11.5. The van der Waals surface area contributed by atoms with Gasteiger partial charge in [-0.1, -0.05) is 30.3 Å². The molecule has 0 unspecified atom stereocenters. The van der Waals surface area contributed by atoms with Crippen LogP contribution in [0.25, 0.3) is 11.1 Å². The topological polar surface area (TPSA) is 69.6 Å². The molecule has 0 saturated heterocycles. The Morgan fingerprint density at radius 2 is 1.84 bits per heavy atom. The van der Waals surface area contributed by atoms with Crippen molar-refractivity contribution in [2.45, 2.75) is 6.54 Å². The van der Waals surface area contributed by atoms with E-state index in [0.29, 0.717) is 17.6 Å². The van der Waals surface area contributed by atoms with Gasteiger partial charge in [-0.05, 0) is 34.3 Å².